The number of hydrogen-bond donors (Lipinski definition) is 3. The molecular formula is C21H29N3O2. The molecule has 5 rings (SSSR count). The summed E-state index contributed by atoms with van der Waals surface area (Å²) >= 11 is 0. The summed E-state index contributed by atoms with van der Waals surface area (Å²) in [7, 11) is 0. The molecule has 1 aromatic carbocycles. The van der Waals surface area contributed by atoms with Gasteiger partial charge in [0.05, 0.1) is 0 Å². The van der Waals surface area contributed by atoms with Gasteiger partial charge in [0.2, 0.25) is 5.91 Å². The fourth-order valence-electron chi connectivity index (χ4n) is 6.10. The number of anilines is 2. The van der Waals surface area contributed by atoms with Crippen LogP contribution >= 0.6 is 0 Å². The number of urea groups is 1. The molecule has 3 N–H and O–H groups in total. The molecule has 5 nitrogen and oxygen atoms in total. The average molecular weight is 355 g/mol. The summed E-state index contributed by atoms with van der Waals surface area (Å²) in [6, 6.07) is 7.27. The second kappa shape index (κ2) is 6.60. The van der Waals surface area contributed by atoms with E-state index >= 15 is 0 Å². The highest BCUT2D eigenvalue weighted by atomic mass is 16.2. The van der Waals surface area contributed by atoms with Crippen LogP contribution in [0.2, 0.25) is 0 Å². The van der Waals surface area contributed by atoms with Crippen LogP contribution in [-0.2, 0) is 4.79 Å². The first-order chi connectivity index (χ1) is 12.4. The summed E-state index contributed by atoms with van der Waals surface area (Å²) in [5.74, 6) is 2.51. The molecule has 4 bridgehead atoms. The molecule has 3 amide bonds. The molecule has 0 heterocycles. The van der Waals surface area contributed by atoms with Crippen LogP contribution in [0.1, 0.15) is 52.4 Å². The highest BCUT2D eigenvalue weighted by Gasteiger charge is 2.53. The molecule has 4 saturated carbocycles. The molecule has 4 fully saturated rings. The molecule has 1 aromatic rings. The summed E-state index contributed by atoms with van der Waals surface area (Å²) in [5, 5.41) is 8.86. The number of hydrogen-bond acceptors (Lipinski definition) is 2. The summed E-state index contributed by atoms with van der Waals surface area (Å²) in [6.45, 7) is 3.65. The lowest BCUT2D eigenvalue weighted by Gasteiger charge is -2.59. The summed E-state index contributed by atoms with van der Waals surface area (Å²) < 4.78 is 0. The Kier molecular flexibility index (Phi) is 4.41. The Morgan fingerprint density at radius 2 is 1.54 bits per heavy atom. The van der Waals surface area contributed by atoms with E-state index in [1.165, 1.54) is 45.4 Å². The fourth-order valence-corrected chi connectivity index (χ4v) is 6.10. The van der Waals surface area contributed by atoms with Crippen molar-refractivity contribution in [2.75, 3.05) is 10.6 Å². The van der Waals surface area contributed by atoms with Gasteiger partial charge in [-0.05, 0) is 86.8 Å². The minimum Gasteiger partial charge on any atom is -0.335 e. The van der Waals surface area contributed by atoms with Gasteiger partial charge in [-0.15, -0.1) is 0 Å². The van der Waals surface area contributed by atoms with Gasteiger partial charge in [0.1, 0.15) is 0 Å². The first-order valence-corrected chi connectivity index (χ1v) is 9.87. The van der Waals surface area contributed by atoms with Gasteiger partial charge in [0, 0.05) is 24.3 Å². The number of carbonyl (C=O) groups is 2. The SMILES string of the molecule is CC(=O)Nc1cccc(NC(=O)NC(C)C23CC4CC(CC(C4)C2)C3)c1. The van der Waals surface area contributed by atoms with E-state index < -0.39 is 0 Å². The van der Waals surface area contributed by atoms with Gasteiger partial charge in [-0.3, -0.25) is 4.79 Å². The molecule has 4 aliphatic rings. The van der Waals surface area contributed by atoms with E-state index in [0.717, 1.165) is 17.8 Å². The summed E-state index contributed by atoms with van der Waals surface area (Å²) in [4.78, 5) is 23.7. The highest BCUT2D eigenvalue weighted by molar-refractivity contribution is 5.92. The molecule has 1 unspecified atom stereocenters. The lowest BCUT2D eigenvalue weighted by molar-refractivity contribution is -0.114. The Morgan fingerprint density at radius 1 is 1.00 bits per heavy atom. The van der Waals surface area contributed by atoms with E-state index in [1.807, 2.05) is 18.2 Å². The lowest BCUT2D eigenvalue weighted by atomic mass is 9.48. The second-order valence-corrected chi connectivity index (χ2v) is 8.86. The quantitative estimate of drug-likeness (QED) is 0.750. The second-order valence-electron chi connectivity index (χ2n) is 8.86. The Hall–Kier alpha value is -2.04. The third-order valence-corrected chi connectivity index (χ3v) is 6.79. The third-order valence-electron chi connectivity index (χ3n) is 6.79. The van der Waals surface area contributed by atoms with Gasteiger partial charge in [-0.2, -0.15) is 0 Å². The van der Waals surface area contributed by atoms with Crippen LogP contribution in [0.5, 0.6) is 0 Å². The highest BCUT2D eigenvalue weighted by Crippen LogP contribution is 2.61. The van der Waals surface area contributed by atoms with Gasteiger partial charge in [0.15, 0.2) is 0 Å². The smallest absolute Gasteiger partial charge is 0.319 e. The topological polar surface area (TPSA) is 70.2 Å². The zero-order valence-corrected chi connectivity index (χ0v) is 15.7. The largest absolute Gasteiger partial charge is 0.335 e. The van der Waals surface area contributed by atoms with Crippen molar-refractivity contribution in [2.45, 2.75) is 58.4 Å². The van der Waals surface area contributed by atoms with Gasteiger partial charge >= 0.3 is 6.03 Å². The molecule has 140 valence electrons. The van der Waals surface area contributed by atoms with Crippen LogP contribution in [0.15, 0.2) is 24.3 Å². The molecule has 0 radical (unpaired) electrons. The number of nitrogens with one attached hydrogen (secondary N) is 3. The molecule has 1 atom stereocenters. The number of benzene rings is 1. The maximum Gasteiger partial charge on any atom is 0.319 e. The maximum absolute atomic E-state index is 12.5. The zero-order valence-electron chi connectivity index (χ0n) is 15.7. The maximum atomic E-state index is 12.5. The van der Waals surface area contributed by atoms with E-state index in [1.54, 1.807) is 6.07 Å². The van der Waals surface area contributed by atoms with Crippen molar-refractivity contribution in [3.8, 4) is 0 Å². The van der Waals surface area contributed by atoms with Crippen LogP contribution < -0.4 is 16.0 Å². The Morgan fingerprint density at radius 3 is 2.08 bits per heavy atom. The third kappa shape index (κ3) is 3.44. The molecular weight excluding hydrogens is 326 g/mol. The molecule has 5 heteroatoms. The average Bonchev–Trinajstić information content (AvgIpc) is 2.53. The van der Waals surface area contributed by atoms with Crippen molar-refractivity contribution in [1.29, 1.82) is 0 Å². The molecule has 0 aromatic heterocycles. The van der Waals surface area contributed by atoms with Gasteiger partial charge in [0.25, 0.3) is 0 Å². The standard InChI is InChI=1S/C21H29N3O2/c1-13(21-10-15-6-16(11-21)8-17(7-15)12-21)22-20(26)24-19-5-3-4-18(9-19)23-14(2)25/h3-5,9,13,15-17H,6-8,10-12H2,1-2H3,(H,23,25)(H2,22,24,26). The zero-order chi connectivity index (χ0) is 18.3. The number of rotatable bonds is 4. The Labute approximate surface area is 155 Å². The van der Waals surface area contributed by atoms with E-state index in [0.29, 0.717) is 16.8 Å². The van der Waals surface area contributed by atoms with Crippen molar-refractivity contribution in [2.24, 2.45) is 23.2 Å². The monoisotopic (exact) mass is 355 g/mol. The number of carbonyl (C=O) groups excluding carboxylic acids is 2. The number of amides is 3. The van der Waals surface area contributed by atoms with Gasteiger partial charge in [-0.1, -0.05) is 6.07 Å². The predicted molar refractivity (Wildman–Crippen MR) is 103 cm³/mol. The minimum atomic E-state index is -0.159. The predicted octanol–water partition coefficient (Wildman–Crippen LogP) is 4.37. The molecule has 0 saturated heterocycles. The first kappa shape index (κ1) is 17.4. The van der Waals surface area contributed by atoms with Crippen molar-refractivity contribution in [3.63, 3.8) is 0 Å². The molecule has 4 aliphatic carbocycles. The van der Waals surface area contributed by atoms with Crippen LogP contribution in [0.3, 0.4) is 0 Å². The fraction of sp³-hybridized carbons (Fsp3) is 0.619. The first-order valence-electron chi connectivity index (χ1n) is 9.87. The van der Waals surface area contributed by atoms with E-state index in [2.05, 4.69) is 22.9 Å². The Bertz CT molecular complexity index is 680. The van der Waals surface area contributed by atoms with Gasteiger partial charge < -0.3 is 16.0 Å². The molecule has 0 aliphatic heterocycles. The van der Waals surface area contributed by atoms with Crippen LogP contribution in [0, 0.1) is 23.2 Å². The Balaban J connectivity index is 1.38. The summed E-state index contributed by atoms with van der Waals surface area (Å²) in [6.07, 6.45) is 8.06. The van der Waals surface area contributed by atoms with Crippen LogP contribution in [0.25, 0.3) is 0 Å². The van der Waals surface area contributed by atoms with Crippen LogP contribution in [0.4, 0.5) is 16.2 Å². The van der Waals surface area contributed by atoms with Crippen molar-refractivity contribution >= 4 is 23.3 Å². The van der Waals surface area contributed by atoms with Crippen molar-refractivity contribution in [1.82, 2.24) is 5.32 Å². The summed E-state index contributed by atoms with van der Waals surface area (Å²) in [5.41, 5.74) is 1.67. The van der Waals surface area contributed by atoms with Crippen LogP contribution in [-0.4, -0.2) is 18.0 Å². The normalized spacial score (nSPS) is 32.8. The van der Waals surface area contributed by atoms with Crippen molar-refractivity contribution in [3.05, 3.63) is 24.3 Å². The van der Waals surface area contributed by atoms with E-state index in [4.69, 9.17) is 0 Å². The molecule has 0 spiro atoms. The van der Waals surface area contributed by atoms with E-state index in [-0.39, 0.29) is 18.0 Å². The molecule has 26 heavy (non-hydrogen) atoms. The van der Waals surface area contributed by atoms with Crippen molar-refractivity contribution < 1.29 is 9.59 Å². The van der Waals surface area contributed by atoms with E-state index in [9.17, 15) is 9.59 Å². The van der Waals surface area contributed by atoms with Gasteiger partial charge in [-0.25, -0.2) is 4.79 Å². The minimum absolute atomic E-state index is 0.123. The lowest BCUT2D eigenvalue weighted by Crippen LogP contribution is -2.56.